The molecule has 0 fully saturated rings. The number of carbonyl (C=O) groups excluding carboxylic acids is 2. The Morgan fingerprint density at radius 1 is 0.829 bits per heavy atom. The Hall–Kier alpha value is -4.43. The molecule has 0 saturated carbocycles. The van der Waals surface area contributed by atoms with Gasteiger partial charge in [0, 0.05) is 23.0 Å². The maximum Gasteiger partial charge on any atom is 0.295 e. The van der Waals surface area contributed by atoms with Crippen LogP contribution >= 0.6 is 11.3 Å². The quantitative estimate of drug-likeness (QED) is 0.361. The number of para-hydroxylation sites is 1. The first-order valence-electron chi connectivity index (χ1n) is 11.0. The Kier molecular flexibility index (Phi) is 5.80. The first kappa shape index (κ1) is 22.4. The van der Waals surface area contributed by atoms with Crippen molar-refractivity contribution in [1.29, 1.82) is 0 Å². The Balaban J connectivity index is 1.37. The summed E-state index contributed by atoms with van der Waals surface area (Å²) in [5.41, 5.74) is 2.04. The van der Waals surface area contributed by atoms with Gasteiger partial charge in [-0.3, -0.25) is 19.1 Å². The van der Waals surface area contributed by atoms with Crippen molar-refractivity contribution in [2.75, 3.05) is 10.6 Å². The highest BCUT2D eigenvalue weighted by Gasteiger charge is 2.19. The zero-order valence-corrected chi connectivity index (χ0v) is 19.9. The zero-order chi connectivity index (χ0) is 24.5. The van der Waals surface area contributed by atoms with Crippen molar-refractivity contribution >= 4 is 44.6 Å². The molecule has 0 atom stereocenters. The van der Waals surface area contributed by atoms with Gasteiger partial charge in [0.05, 0.1) is 16.3 Å². The number of amides is 2. The number of benzene rings is 3. The number of nitrogens with one attached hydrogen (secondary N) is 2. The molecular formula is C27H22N4O3S. The first-order valence-corrected chi connectivity index (χ1v) is 11.8. The number of rotatable bonds is 5. The molecule has 0 bridgehead atoms. The number of hydrogen-bond acceptors (Lipinski definition) is 4. The van der Waals surface area contributed by atoms with Crippen molar-refractivity contribution < 1.29 is 9.59 Å². The number of aromatic nitrogens is 2. The van der Waals surface area contributed by atoms with E-state index in [0.717, 1.165) is 10.1 Å². The molecule has 2 amide bonds. The van der Waals surface area contributed by atoms with E-state index in [2.05, 4.69) is 10.6 Å². The fourth-order valence-corrected chi connectivity index (χ4v) is 4.88. The lowest BCUT2D eigenvalue weighted by atomic mass is 10.1. The third-order valence-corrected chi connectivity index (χ3v) is 6.94. The predicted molar refractivity (Wildman–Crippen MR) is 140 cm³/mol. The molecule has 2 heterocycles. The van der Waals surface area contributed by atoms with Gasteiger partial charge < -0.3 is 10.6 Å². The highest BCUT2D eigenvalue weighted by atomic mass is 32.1. The van der Waals surface area contributed by atoms with Crippen LogP contribution in [0.1, 0.15) is 25.7 Å². The number of anilines is 2. The molecule has 5 aromatic rings. The van der Waals surface area contributed by atoms with Crippen LogP contribution in [0, 0.1) is 6.92 Å². The fourth-order valence-electron chi connectivity index (χ4n) is 3.92. The van der Waals surface area contributed by atoms with E-state index in [1.54, 1.807) is 42.9 Å². The van der Waals surface area contributed by atoms with E-state index in [1.165, 1.54) is 16.0 Å². The van der Waals surface area contributed by atoms with Crippen molar-refractivity contribution in [3.63, 3.8) is 0 Å². The maximum atomic E-state index is 13.1. The highest BCUT2D eigenvalue weighted by Crippen LogP contribution is 2.26. The van der Waals surface area contributed by atoms with E-state index in [4.69, 9.17) is 0 Å². The first-order chi connectivity index (χ1) is 16.9. The van der Waals surface area contributed by atoms with E-state index >= 15 is 0 Å². The molecule has 0 radical (unpaired) electrons. The second-order valence-corrected chi connectivity index (χ2v) is 9.16. The Bertz CT molecular complexity index is 1600. The van der Waals surface area contributed by atoms with Crippen LogP contribution < -0.4 is 16.2 Å². The molecule has 174 valence electrons. The summed E-state index contributed by atoms with van der Waals surface area (Å²) in [6, 6.07) is 25.5. The van der Waals surface area contributed by atoms with Gasteiger partial charge in [0.2, 0.25) is 0 Å². The van der Waals surface area contributed by atoms with Crippen molar-refractivity contribution in [3.8, 4) is 5.69 Å². The van der Waals surface area contributed by atoms with Gasteiger partial charge in [-0.05, 0) is 54.8 Å². The lowest BCUT2D eigenvalue weighted by Gasteiger charge is -2.08. The van der Waals surface area contributed by atoms with Crippen LogP contribution in [0.3, 0.4) is 0 Å². The van der Waals surface area contributed by atoms with Crippen LogP contribution in [-0.2, 0) is 7.05 Å². The summed E-state index contributed by atoms with van der Waals surface area (Å²) in [6.45, 7) is 1.78. The highest BCUT2D eigenvalue weighted by molar-refractivity contribution is 7.20. The normalized spacial score (nSPS) is 10.9. The minimum Gasteiger partial charge on any atom is -0.321 e. The number of thiophene rings is 1. The predicted octanol–water partition coefficient (Wildman–Crippen LogP) is 5.20. The van der Waals surface area contributed by atoms with Gasteiger partial charge in [-0.1, -0.05) is 42.5 Å². The molecule has 2 N–H and O–H groups in total. The molecule has 0 saturated heterocycles. The Morgan fingerprint density at radius 3 is 2.34 bits per heavy atom. The van der Waals surface area contributed by atoms with E-state index < -0.39 is 5.91 Å². The van der Waals surface area contributed by atoms with Gasteiger partial charge in [0.1, 0.15) is 5.69 Å². The van der Waals surface area contributed by atoms with Gasteiger partial charge in [0.15, 0.2) is 0 Å². The molecule has 8 heteroatoms. The average Bonchev–Trinajstić information content (AvgIpc) is 3.40. The summed E-state index contributed by atoms with van der Waals surface area (Å²) in [7, 11) is 1.77. The largest absolute Gasteiger partial charge is 0.321 e. The lowest BCUT2D eigenvalue weighted by Crippen LogP contribution is -2.23. The zero-order valence-electron chi connectivity index (χ0n) is 19.1. The summed E-state index contributed by atoms with van der Waals surface area (Å²) < 4.78 is 4.24. The third-order valence-electron chi connectivity index (χ3n) is 5.82. The molecular weight excluding hydrogens is 460 g/mol. The van der Waals surface area contributed by atoms with E-state index in [9.17, 15) is 14.4 Å². The number of fused-ring (bicyclic) bond motifs is 1. The SMILES string of the molecule is Cc1c(NC(=O)c2cccc(NC(=O)c3cc4ccccc4s3)c2)c(=O)n(-c2ccccc2)n1C. The fraction of sp³-hybridized carbons (Fsp3) is 0.0741. The van der Waals surface area contributed by atoms with Crippen molar-refractivity contribution in [2.24, 2.45) is 7.05 Å². The summed E-state index contributed by atoms with van der Waals surface area (Å²) >= 11 is 1.41. The molecule has 35 heavy (non-hydrogen) atoms. The van der Waals surface area contributed by atoms with Gasteiger partial charge in [-0.15, -0.1) is 11.3 Å². The standard InChI is InChI=1S/C27H22N4O3S/c1-17-24(27(34)31(30(17)2)21-12-4-3-5-13-21)29-25(32)19-10-8-11-20(15-19)28-26(33)23-16-18-9-6-7-14-22(18)35-23/h3-16H,1-2H3,(H,28,33)(H,29,32). The van der Waals surface area contributed by atoms with Crippen molar-refractivity contribution in [3.05, 3.63) is 111 Å². The summed E-state index contributed by atoms with van der Waals surface area (Å²) in [5.74, 6) is -0.678. The second kappa shape index (κ2) is 9.08. The lowest BCUT2D eigenvalue weighted by molar-refractivity contribution is 0.101. The van der Waals surface area contributed by atoms with Crippen LogP contribution in [0.2, 0.25) is 0 Å². The minimum absolute atomic E-state index is 0.209. The van der Waals surface area contributed by atoms with Gasteiger partial charge in [-0.2, -0.15) is 0 Å². The molecule has 3 aromatic carbocycles. The monoisotopic (exact) mass is 482 g/mol. The molecule has 0 aliphatic carbocycles. The number of nitrogens with zero attached hydrogens (tertiary/aromatic N) is 2. The van der Waals surface area contributed by atoms with Crippen molar-refractivity contribution in [1.82, 2.24) is 9.36 Å². The van der Waals surface area contributed by atoms with Gasteiger partial charge in [0.25, 0.3) is 17.4 Å². The second-order valence-electron chi connectivity index (χ2n) is 8.07. The Labute approximate surface area is 205 Å². The van der Waals surface area contributed by atoms with Crippen LogP contribution in [-0.4, -0.2) is 21.2 Å². The van der Waals surface area contributed by atoms with E-state index in [-0.39, 0.29) is 17.2 Å². The molecule has 0 unspecified atom stereocenters. The average molecular weight is 483 g/mol. The van der Waals surface area contributed by atoms with Crippen LogP contribution in [0.5, 0.6) is 0 Å². The summed E-state index contributed by atoms with van der Waals surface area (Å²) in [6.07, 6.45) is 0. The smallest absolute Gasteiger partial charge is 0.295 e. The Morgan fingerprint density at radius 2 is 1.57 bits per heavy atom. The van der Waals surface area contributed by atoms with Crippen LogP contribution in [0.15, 0.2) is 89.7 Å². The maximum absolute atomic E-state index is 13.1. The van der Waals surface area contributed by atoms with Gasteiger partial charge in [-0.25, -0.2) is 4.68 Å². The summed E-state index contributed by atoms with van der Waals surface area (Å²) in [4.78, 5) is 39.5. The van der Waals surface area contributed by atoms with E-state index in [0.29, 0.717) is 27.5 Å². The topological polar surface area (TPSA) is 85.1 Å². The molecule has 7 nitrogen and oxygen atoms in total. The third kappa shape index (κ3) is 4.27. The molecule has 0 aliphatic heterocycles. The number of hydrogen-bond donors (Lipinski definition) is 2. The van der Waals surface area contributed by atoms with Crippen LogP contribution in [0.4, 0.5) is 11.4 Å². The molecule has 0 aliphatic rings. The molecule has 2 aromatic heterocycles. The van der Waals surface area contributed by atoms with Gasteiger partial charge >= 0.3 is 0 Å². The molecule has 5 rings (SSSR count). The van der Waals surface area contributed by atoms with Crippen LogP contribution in [0.25, 0.3) is 15.8 Å². The van der Waals surface area contributed by atoms with E-state index in [1.807, 2.05) is 60.7 Å². The van der Waals surface area contributed by atoms with Crippen molar-refractivity contribution in [2.45, 2.75) is 6.92 Å². The minimum atomic E-state index is -0.436. The number of carbonyl (C=O) groups is 2. The summed E-state index contributed by atoms with van der Waals surface area (Å²) in [5, 5.41) is 6.62. The molecule has 0 spiro atoms.